The Balaban J connectivity index is 0.000000963. The molecule has 1 aliphatic heterocycles. The molecule has 0 saturated carbocycles. The molecule has 16 heavy (non-hydrogen) atoms. The Hall–Kier alpha value is -0.380. The standard InChI is InChI=1S/C12H15NOS.ClH/c14-11-10-9(4-8-15-10)3-6-12(11)5-1-2-7-13-12;/h4,8,13H,1-3,5-7H2;1H. The first kappa shape index (κ1) is 12.1. The maximum absolute atomic E-state index is 12.4. The highest BCUT2D eigenvalue weighted by Gasteiger charge is 2.43. The average molecular weight is 258 g/mol. The van der Waals surface area contributed by atoms with Crippen molar-refractivity contribution in [2.24, 2.45) is 0 Å². The van der Waals surface area contributed by atoms with Gasteiger partial charge >= 0.3 is 0 Å². The zero-order chi connectivity index (χ0) is 10.3. The van der Waals surface area contributed by atoms with Crippen molar-refractivity contribution in [3.63, 3.8) is 0 Å². The van der Waals surface area contributed by atoms with Gasteiger partial charge in [-0.05, 0) is 55.7 Å². The third-order valence-corrected chi connectivity index (χ3v) is 4.66. The predicted molar refractivity (Wildman–Crippen MR) is 68.8 cm³/mol. The molecular weight excluding hydrogens is 242 g/mol. The first-order valence-corrected chi connectivity index (χ1v) is 6.56. The van der Waals surface area contributed by atoms with E-state index in [1.54, 1.807) is 11.3 Å². The number of hydrogen-bond acceptors (Lipinski definition) is 3. The van der Waals surface area contributed by atoms with E-state index in [1.165, 1.54) is 18.4 Å². The van der Waals surface area contributed by atoms with Gasteiger partial charge in [0.05, 0.1) is 10.4 Å². The Morgan fingerprint density at radius 3 is 2.94 bits per heavy atom. The second kappa shape index (κ2) is 4.47. The van der Waals surface area contributed by atoms with Crippen molar-refractivity contribution in [1.82, 2.24) is 5.32 Å². The minimum absolute atomic E-state index is 0. The maximum Gasteiger partial charge on any atom is 0.193 e. The van der Waals surface area contributed by atoms with Gasteiger partial charge < -0.3 is 5.32 Å². The Morgan fingerprint density at radius 1 is 1.31 bits per heavy atom. The summed E-state index contributed by atoms with van der Waals surface area (Å²) in [6.07, 6.45) is 5.50. The fourth-order valence-electron chi connectivity index (χ4n) is 2.79. The summed E-state index contributed by atoms with van der Waals surface area (Å²) in [5.41, 5.74) is 1.07. The second-order valence-electron chi connectivity index (χ2n) is 4.57. The van der Waals surface area contributed by atoms with Crippen molar-refractivity contribution >= 4 is 29.5 Å². The number of thiophene rings is 1. The van der Waals surface area contributed by atoms with Crippen LogP contribution in [0.15, 0.2) is 11.4 Å². The van der Waals surface area contributed by atoms with Gasteiger partial charge in [-0.3, -0.25) is 4.79 Å². The van der Waals surface area contributed by atoms with Crippen LogP contribution < -0.4 is 5.32 Å². The summed E-state index contributed by atoms with van der Waals surface area (Å²) in [6.45, 7) is 1.01. The smallest absolute Gasteiger partial charge is 0.193 e. The van der Waals surface area contributed by atoms with E-state index in [-0.39, 0.29) is 17.9 Å². The van der Waals surface area contributed by atoms with E-state index in [0.29, 0.717) is 5.78 Å². The van der Waals surface area contributed by atoms with Gasteiger partial charge in [-0.2, -0.15) is 0 Å². The second-order valence-corrected chi connectivity index (χ2v) is 5.49. The van der Waals surface area contributed by atoms with Gasteiger partial charge in [0.1, 0.15) is 0 Å². The molecule has 2 heterocycles. The summed E-state index contributed by atoms with van der Waals surface area (Å²) < 4.78 is 0. The fourth-order valence-corrected chi connectivity index (χ4v) is 3.78. The van der Waals surface area contributed by atoms with E-state index in [0.717, 1.165) is 30.7 Å². The number of nitrogens with one attached hydrogen (secondary N) is 1. The lowest BCUT2D eigenvalue weighted by Gasteiger charge is -2.39. The molecule has 2 nitrogen and oxygen atoms in total. The van der Waals surface area contributed by atoms with Gasteiger partial charge in [-0.15, -0.1) is 23.7 Å². The van der Waals surface area contributed by atoms with E-state index in [9.17, 15) is 4.79 Å². The number of Topliss-reactive ketones (excluding diaryl/α,β-unsaturated/α-hetero) is 1. The number of rotatable bonds is 0. The maximum atomic E-state index is 12.4. The Kier molecular flexibility index (Phi) is 3.38. The molecule has 1 spiro atoms. The molecular formula is C12H16ClNOS. The molecule has 0 aromatic carbocycles. The summed E-state index contributed by atoms with van der Waals surface area (Å²) in [5, 5.41) is 5.52. The molecule has 1 unspecified atom stereocenters. The van der Waals surface area contributed by atoms with Gasteiger partial charge in [0.2, 0.25) is 0 Å². The number of piperidine rings is 1. The van der Waals surface area contributed by atoms with Gasteiger partial charge in [0.15, 0.2) is 5.78 Å². The number of ketones is 1. The van der Waals surface area contributed by atoms with Crippen LogP contribution in [0.4, 0.5) is 0 Å². The number of carbonyl (C=O) groups is 1. The minimum atomic E-state index is -0.198. The van der Waals surface area contributed by atoms with Gasteiger partial charge in [-0.1, -0.05) is 0 Å². The Morgan fingerprint density at radius 2 is 2.19 bits per heavy atom. The first-order valence-electron chi connectivity index (χ1n) is 5.68. The van der Waals surface area contributed by atoms with Gasteiger partial charge in [0, 0.05) is 0 Å². The zero-order valence-electron chi connectivity index (χ0n) is 9.12. The number of carbonyl (C=O) groups excluding carboxylic acids is 1. The van der Waals surface area contributed by atoms with Crippen LogP contribution in [0.25, 0.3) is 0 Å². The number of halogens is 1. The number of fused-ring (bicyclic) bond motifs is 1. The highest BCUT2D eigenvalue weighted by Crippen LogP contribution is 2.36. The SMILES string of the molecule is Cl.O=C1c2sccc2CCC12CCCCN2. The lowest BCUT2D eigenvalue weighted by atomic mass is 9.75. The monoisotopic (exact) mass is 257 g/mol. The summed E-state index contributed by atoms with van der Waals surface area (Å²) in [7, 11) is 0. The van der Waals surface area contributed by atoms with E-state index in [2.05, 4.69) is 11.4 Å². The van der Waals surface area contributed by atoms with E-state index >= 15 is 0 Å². The molecule has 1 aliphatic carbocycles. The summed E-state index contributed by atoms with van der Waals surface area (Å²) >= 11 is 1.61. The van der Waals surface area contributed by atoms with Gasteiger partial charge in [-0.25, -0.2) is 0 Å². The molecule has 2 aliphatic rings. The van der Waals surface area contributed by atoms with Crippen LogP contribution in [0.3, 0.4) is 0 Å². The van der Waals surface area contributed by atoms with Crippen molar-refractivity contribution in [3.8, 4) is 0 Å². The molecule has 88 valence electrons. The molecule has 1 saturated heterocycles. The van der Waals surface area contributed by atoms with E-state index < -0.39 is 0 Å². The number of aryl methyl sites for hydroxylation is 1. The van der Waals surface area contributed by atoms with Crippen molar-refractivity contribution < 1.29 is 4.79 Å². The summed E-state index contributed by atoms with van der Waals surface area (Å²) in [4.78, 5) is 13.4. The summed E-state index contributed by atoms with van der Waals surface area (Å²) in [6, 6.07) is 2.10. The summed E-state index contributed by atoms with van der Waals surface area (Å²) in [5.74, 6) is 0.360. The molecule has 0 amide bonds. The molecule has 0 radical (unpaired) electrons. The molecule has 1 atom stereocenters. The molecule has 1 aromatic rings. The third kappa shape index (κ3) is 1.71. The van der Waals surface area contributed by atoms with Crippen molar-refractivity contribution in [2.75, 3.05) is 6.54 Å². The van der Waals surface area contributed by atoms with E-state index in [4.69, 9.17) is 0 Å². The zero-order valence-corrected chi connectivity index (χ0v) is 10.8. The van der Waals surface area contributed by atoms with E-state index in [1.807, 2.05) is 5.38 Å². The molecule has 0 bridgehead atoms. The predicted octanol–water partition coefficient (Wildman–Crippen LogP) is 2.81. The van der Waals surface area contributed by atoms with Crippen LogP contribution in [-0.2, 0) is 6.42 Å². The number of hydrogen-bond donors (Lipinski definition) is 1. The first-order chi connectivity index (χ1) is 7.32. The van der Waals surface area contributed by atoms with Crippen LogP contribution in [-0.4, -0.2) is 17.9 Å². The quantitative estimate of drug-likeness (QED) is 0.774. The van der Waals surface area contributed by atoms with Crippen LogP contribution in [0.2, 0.25) is 0 Å². The Labute approximate surface area is 106 Å². The highest BCUT2D eigenvalue weighted by atomic mass is 35.5. The van der Waals surface area contributed by atoms with Crippen molar-refractivity contribution in [2.45, 2.75) is 37.6 Å². The third-order valence-electron chi connectivity index (χ3n) is 3.70. The normalized spacial score (nSPS) is 28.6. The van der Waals surface area contributed by atoms with Crippen molar-refractivity contribution in [1.29, 1.82) is 0 Å². The minimum Gasteiger partial charge on any atom is -0.305 e. The lowest BCUT2D eigenvalue weighted by Crippen LogP contribution is -2.56. The van der Waals surface area contributed by atoms with Gasteiger partial charge in [0.25, 0.3) is 0 Å². The topological polar surface area (TPSA) is 29.1 Å². The molecule has 1 aromatic heterocycles. The lowest BCUT2D eigenvalue weighted by molar-refractivity contribution is 0.0787. The fraction of sp³-hybridized carbons (Fsp3) is 0.583. The molecule has 1 fully saturated rings. The Bertz CT molecular complexity index is 395. The van der Waals surface area contributed by atoms with Crippen LogP contribution in [0.1, 0.15) is 40.9 Å². The van der Waals surface area contributed by atoms with Crippen LogP contribution in [0, 0.1) is 0 Å². The molecule has 1 N–H and O–H groups in total. The van der Waals surface area contributed by atoms with Crippen LogP contribution in [0.5, 0.6) is 0 Å². The van der Waals surface area contributed by atoms with Crippen LogP contribution >= 0.6 is 23.7 Å². The molecule has 4 heteroatoms. The van der Waals surface area contributed by atoms with Crippen molar-refractivity contribution in [3.05, 3.63) is 21.9 Å². The molecule has 3 rings (SSSR count). The largest absolute Gasteiger partial charge is 0.305 e. The average Bonchev–Trinajstić information content (AvgIpc) is 2.74. The highest BCUT2D eigenvalue weighted by molar-refractivity contribution is 7.12.